The number of nitro benzene ring substituents is 1. The van der Waals surface area contributed by atoms with E-state index in [1.807, 2.05) is 12.1 Å². The van der Waals surface area contributed by atoms with E-state index >= 15 is 0 Å². The van der Waals surface area contributed by atoms with E-state index in [-0.39, 0.29) is 35.5 Å². The number of hydrogen-bond donors (Lipinski definition) is 1. The highest BCUT2D eigenvalue weighted by Gasteiger charge is 2.44. The fraction of sp³-hybridized carbons (Fsp3) is 0.333. The average molecular weight is 516 g/mol. The number of carbonyl (C=O) groups is 1. The molecule has 8 nitrogen and oxygen atoms in total. The monoisotopic (exact) mass is 515 g/mol. The average Bonchev–Trinajstić information content (AvgIpc) is 3.68. The topological polar surface area (TPSA) is 103 Å². The van der Waals surface area contributed by atoms with Crippen LogP contribution in [0.15, 0.2) is 65.8 Å². The molecule has 3 aromatic carbocycles. The Kier molecular flexibility index (Phi) is 7.80. The van der Waals surface area contributed by atoms with Crippen molar-refractivity contribution in [2.75, 3.05) is 7.11 Å². The first-order chi connectivity index (χ1) is 18.1. The van der Waals surface area contributed by atoms with Crippen molar-refractivity contribution in [3.8, 4) is 11.5 Å². The highest BCUT2D eigenvalue weighted by atomic mass is 16.6. The van der Waals surface area contributed by atoms with Crippen LogP contribution in [-0.4, -0.2) is 24.2 Å². The molecule has 1 fully saturated rings. The molecule has 0 aliphatic heterocycles. The summed E-state index contributed by atoms with van der Waals surface area (Å²) in [7, 11) is 1.57. The maximum atomic E-state index is 12.6. The van der Waals surface area contributed by atoms with E-state index in [9.17, 15) is 14.9 Å². The van der Waals surface area contributed by atoms with Gasteiger partial charge in [-0.05, 0) is 71.7 Å². The highest BCUT2D eigenvalue weighted by Crippen LogP contribution is 2.47. The molecule has 1 aliphatic rings. The van der Waals surface area contributed by atoms with Crippen molar-refractivity contribution >= 4 is 17.8 Å². The zero-order valence-corrected chi connectivity index (χ0v) is 22.4. The molecule has 0 spiro atoms. The van der Waals surface area contributed by atoms with Crippen LogP contribution in [0.4, 0.5) is 5.69 Å². The van der Waals surface area contributed by atoms with E-state index in [1.54, 1.807) is 38.4 Å². The minimum absolute atomic E-state index is 0.0474. The Balaban J connectivity index is 1.34. The van der Waals surface area contributed by atoms with E-state index in [4.69, 9.17) is 9.47 Å². The van der Waals surface area contributed by atoms with Gasteiger partial charge in [-0.2, -0.15) is 5.10 Å². The lowest BCUT2D eigenvalue weighted by Crippen LogP contribution is -2.20. The minimum atomic E-state index is -0.419. The zero-order valence-electron chi connectivity index (χ0n) is 22.4. The molecule has 4 rings (SSSR count). The van der Waals surface area contributed by atoms with Gasteiger partial charge in [0.25, 0.3) is 5.69 Å². The summed E-state index contributed by atoms with van der Waals surface area (Å²) in [6, 6.07) is 18.7. The van der Waals surface area contributed by atoms with E-state index in [2.05, 4.69) is 55.6 Å². The Bertz CT molecular complexity index is 1360. The quantitative estimate of drug-likeness (QED) is 0.213. The van der Waals surface area contributed by atoms with Gasteiger partial charge >= 0.3 is 0 Å². The Morgan fingerprint density at radius 3 is 2.50 bits per heavy atom. The summed E-state index contributed by atoms with van der Waals surface area (Å²) in [5.41, 5.74) is 7.35. The molecule has 8 heteroatoms. The second-order valence-corrected chi connectivity index (χ2v) is 10.6. The Labute approximate surface area is 222 Å². The van der Waals surface area contributed by atoms with E-state index < -0.39 is 4.92 Å². The van der Waals surface area contributed by atoms with Crippen LogP contribution in [0, 0.1) is 23.0 Å². The summed E-state index contributed by atoms with van der Waals surface area (Å²) in [5.74, 6) is 1.23. The lowest BCUT2D eigenvalue weighted by atomic mass is 9.86. The zero-order chi connectivity index (χ0) is 27.4. The number of carbonyl (C=O) groups excluding carboxylic acids is 1. The number of nitrogens with zero attached hydrogens (tertiary/aromatic N) is 2. The Morgan fingerprint density at radius 2 is 1.87 bits per heavy atom. The van der Waals surface area contributed by atoms with Crippen molar-refractivity contribution < 1.29 is 19.2 Å². The summed E-state index contributed by atoms with van der Waals surface area (Å²) >= 11 is 0. The molecule has 0 heterocycles. The molecule has 0 bridgehead atoms. The summed E-state index contributed by atoms with van der Waals surface area (Å²) in [4.78, 5) is 23.2. The molecule has 0 radical (unpaired) electrons. The third-order valence-electron chi connectivity index (χ3n) is 6.78. The first-order valence-electron chi connectivity index (χ1n) is 12.5. The van der Waals surface area contributed by atoms with Crippen LogP contribution in [0.25, 0.3) is 0 Å². The largest absolute Gasteiger partial charge is 0.496 e. The van der Waals surface area contributed by atoms with Crippen molar-refractivity contribution in [2.24, 2.45) is 11.0 Å². The fourth-order valence-electron chi connectivity index (χ4n) is 4.41. The molecule has 1 N–H and O–H groups in total. The number of ether oxygens (including phenoxy) is 2. The van der Waals surface area contributed by atoms with Crippen LogP contribution in [-0.2, 0) is 16.8 Å². The van der Waals surface area contributed by atoms with Gasteiger partial charge < -0.3 is 9.47 Å². The van der Waals surface area contributed by atoms with Gasteiger partial charge in [0, 0.05) is 23.1 Å². The molecule has 1 amide bonds. The maximum Gasteiger partial charge on any atom is 0.272 e. The van der Waals surface area contributed by atoms with Crippen molar-refractivity contribution in [1.82, 2.24) is 5.43 Å². The minimum Gasteiger partial charge on any atom is -0.496 e. The third-order valence-corrected chi connectivity index (χ3v) is 6.78. The molecular weight excluding hydrogens is 482 g/mol. The van der Waals surface area contributed by atoms with Gasteiger partial charge in [-0.15, -0.1) is 0 Å². The number of amides is 1. The summed E-state index contributed by atoms with van der Waals surface area (Å²) in [6.07, 6.45) is 2.41. The van der Waals surface area contributed by atoms with Crippen molar-refractivity contribution in [3.05, 3.63) is 98.6 Å². The van der Waals surface area contributed by atoms with Crippen molar-refractivity contribution in [1.29, 1.82) is 0 Å². The van der Waals surface area contributed by atoms with Gasteiger partial charge in [0.05, 0.1) is 18.2 Å². The maximum absolute atomic E-state index is 12.6. The summed E-state index contributed by atoms with van der Waals surface area (Å²) in [6.45, 7) is 8.43. The van der Waals surface area contributed by atoms with Crippen LogP contribution in [0.5, 0.6) is 11.5 Å². The van der Waals surface area contributed by atoms with Gasteiger partial charge in [-0.25, -0.2) is 5.43 Å². The van der Waals surface area contributed by atoms with E-state index in [0.717, 1.165) is 17.5 Å². The van der Waals surface area contributed by atoms with Crippen LogP contribution in [0.2, 0.25) is 0 Å². The number of rotatable bonds is 9. The van der Waals surface area contributed by atoms with Crippen LogP contribution in [0.1, 0.15) is 60.9 Å². The predicted octanol–water partition coefficient (Wildman–Crippen LogP) is 6.04. The molecule has 198 valence electrons. The fourth-order valence-corrected chi connectivity index (χ4v) is 4.41. The number of aryl methyl sites for hydroxylation is 1. The first-order valence-corrected chi connectivity index (χ1v) is 12.5. The SMILES string of the molecule is COc1ccc(/C=N\NC(=O)[C@H]2C[C@@H]2c2ccc(C(C)(C)C)cc2)cc1COc1ccc([N+](=O)[O-])c(C)c1. The lowest BCUT2D eigenvalue weighted by Gasteiger charge is -2.19. The molecule has 0 unspecified atom stereocenters. The van der Waals surface area contributed by atoms with Gasteiger partial charge in [0.15, 0.2) is 0 Å². The number of hydrazone groups is 1. The van der Waals surface area contributed by atoms with E-state index in [1.165, 1.54) is 17.2 Å². The van der Waals surface area contributed by atoms with Gasteiger partial charge in [0.2, 0.25) is 5.91 Å². The molecular formula is C30H33N3O5. The molecule has 38 heavy (non-hydrogen) atoms. The summed E-state index contributed by atoms with van der Waals surface area (Å²) < 4.78 is 11.3. The third kappa shape index (κ3) is 6.37. The normalized spacial score (nSPS) is 16.8. The van der Waals surface area contributed by atoms with Crippen molar-refractivity contribution in [2.45, 2.75) is 52.1 Å². The van der Waals surface area contributed by atoms with Crippen LogP contribution in [0.3, 0.4) is 0 Å². The molecule has 2 atom stereocenters. The molecule has 1 aliphatic carbocycles. The predicted molar refractivity (Wildman–Crippen MR) is 147 cm³/mol. The van der Waals surface area contributed by atoms with Gasteiger partial charge in [-0.1, -0.05) is 45.0 Å². The highest BCUT2D eigenvalue weighted by molar-refractivity contribution is 5.85. The van der Waals surface area contributed by atoms with E-state index in [0.29, 0.717) is 17.1 Å². The number of methoxy groups -OCH3 is 1. The Morgan fingerprint density at radius 1 is 1.13 bits per heavy atom. The molecule has 1 saturated carbocycles. The summed E-state index contributed by atoms with van der Waals surface area (Å²) in [5, 5.41) is 15.2. The smallest absolute Gasteiger partial charge is 0.272 e. The number of hydrogen-bond acceptors (Lipinski definition) is 6. The first kappa shape index (κ1) is 26.9. The second-order valence-electron chi connectivity index (χ2n) is 10.6. The number of nitro groups is 1. The number of nitrogens with one attached hydrogen (secondary N) is 1. The standard InChI is InChI=1S/C30H33N3O5/c1-19-14-24(11-12-27(19)33(35)36)38-18-22-15-20(6-13-28(22)37-5)17-31-32-29(34)26-16-25(26)21-7-9-23(10-8-21)30(2,3)4/h6-15,17,25-26H,16,18H2,1-5H3,(H,32,34)/b31-17-/t25-,26+/m1/s1. The number of benzene rings is 3. The lowest BCUT2D eigenvalue weighted by molar-refractivity contribution is -0.385. The van der Waals surface area contributed by atoms with Crippen molar-refractivity contribution in [3.63, 3.8) is 0 Å². The van der Waals surface area contributed by atoms with Crippen LogP contribution < -0.4 is 14.9 Å². The molecule has 0 aromatic heterocycles. The van der Waals surface area contributed by atoms with Crippen LogP contribution >= 0.6 is 0 Å². The molecule has 0 saturated heterocycles. The molecule has 3 aromatic rings. The van der Waals surface area contributed by atoms with Gasteiger partial charge in [0.1, 0.15) is 18.1 Å². The van der Waals surface area contributed by atoms with Gasteiger partial charge in [-0.3, -0.25) is 14.9 Å². The second kappa shape index (κ2) is 11.0. The Hall–Kier alpha value is -4.20.